The Hall–Kier alpha value is 4.94. The molecular weight excluding hydrogens is 444 g/mol. The van der Waals surface area contributed by atoms with Crippen LogP contribution in [0.25, 0.3) is 0 Å². The number of rotatable bonds is 0. The Morgan fingerprint density at radius 3 is 1.00 bits per heavy atom. The molecule has 0 unspecified atom stereocenters. The van der Waals surface area contributed by atoms with Crippen LogP contribution in [0.3, 0.4) is 0 Å². The molecule has 0 saturated carbocycles. The molecule has 0 nitrogen and oxygen atoms in total. The van der Waals surface area contributed by atoms with E-state index in [0.29, 0.717) is 0 Å². The van der Waals surface area contributed by atoms with Gasteiger partial charge in [0, 0.05) is 49.7 Å². The Labute approximate surface area is 146 Å². The average molecular weight is 449 g/mol. The first-order chi connectivity index (χ1) is 0. The second-order valence-corrected chi connectivity index (χ2v) is 0. The third-order valence-electron chi connectivity index (χ3n) is 0. The molecule has 0 amide bonds. The fraction of sp³-hybridized carbons (Fsp3) is 0. The van der Waals surface area contributed by atoms with Crippen molar-refractivity contribution in [2.75, 3.05) is 0 Å². The van der Waals surface area contributed by atoms with Crippen molar-refractivity contribution in [2.24, 2.45) is 0 Å². The second kappa shape index (κ2) is 23.1. The SMILES string of the molecule is [Ag].[GaH3].[KH].[NaH].[Tl]. The molecule has 0 saturated heterocycles. The molecule has 5 heteroatoms. The molecule has 0 N–H and O–H groups in total. The summed E-state index contributed by atoms with van der Waals surface area (Å²) >= 11 is 0. The van der Waals surface area contributed by atoms with Gasteiger partial charge in [0.2, 0.25) is 0 Å². The molecule has 0 aliphatic carbocycles. The Bertz CT molecular complexity index is 11.6. The summed E-state index contributed by atoms with van der Waals surface area (Å²) in [4.78, 5) is 0. The molecule has 0 aromatic carbocycles. The van der Waals surface area contributed by atoms with E-state index in [1.54, 1.807) is 0 Å². The molecule has 0 aromatic heterocycles. The summed E-state index contributed by atoms with van der Waals surface area (Å²) in [5, 5.41) is 0. The molecule has 0 atom stereocenters. The van der Waals surface area contributed by atoms with Gasteiger partial charge in [-0.15, -0.1) is 0 Å². The third kappa shape index (κ3) is 17.6. The van der Waals surface area contributed by atoms with Gasteiger partial charge in [-0.3, -0.25) is 0 Å². The Balaban J connectivity index is 0. The van der Waals surface area contributed by atoms with Crippen molar-refractivity contribution in [3.63, 3.8) is 0 Å². The van der Waals surface area contributed by atoms with Crippen molar-refractivity contribution in [1.29, 1.82) is 0 Å². The van der Waals surface area contributed by atoms with E-state index in [1.165, 1.54) is 0 Å². The molecule has 5 heavy (non-hydrogen) atoms. The zero-order valence-electron chi connectivity index (χ0n) is 0.879. The molecule has 0 bridgehead atoms. The topological polar surface area (TPSA) is 0 Å². The Kier molecular flexibility index (Phi) is 150. The minimum atomic E-state index is 0. The van der Waals surface area contributed by atoms with Gasteiger partial charge in [-0.25, -0.2) is 0 Å². The molecule has 0 aliphatic heterocycles. The van der Waals surface area contributed by atoms with Crippen molar-refractivity contribution in [3.05, 3.63) is 0 Å². The Morgan fingerprint density at radius 2 is 1.00 bits per heavy atom. The maximum atomic E-state index is 0. The van der Waals surface area contributed by atoms with Crippen LogP contribution in [0, 0.1) is 0 Å². The van der Waals surface area contributed by atoms with Gasteiger partial charge in [0.1, 0.15) is 0 Å². The zero-order chi connectivity index (χ0) is 0. The van der Waals surface area contributed by atoms with Crippen LogP contribution >= 0.6 is 0 Å². The van der Waals surface area contributed by atoms with Gasteiger partial charge >= 0.3 is 101 Å². The average Bonchev–Trinajstić information content (AvgIpc) is 0. The van der Waals surface area contributed by atoms with Crippen LogP contribution in [0.2, 0.25) is 0 Å². The second-order valence-electron chi connectivity index (χ2n) is 0. The molecule has 0 aliphatic rings. The van der Waals surface area contributed by atoms with Crippen molar-refractivity contribution in [1.82, 2.24) is 0 Å². The van der Waals surface area contributed by atoms with Gasteiger partial charge in [-0.05, 0) is 0 Å². The number of hydrogen-bond donors (Lipinski definition) is 0. The van der Waals surface area contributed by atoms with Crippen LogP contribution in [0.5, 0.6) is 0 Å². The van der Waals surface area contributed by atoms with Crippen LogP contribution in [-0.2, 0) is 22.4 Å². The van der Waals surface area contributed by atoms with Crippen LogP contribution in [0.15, 0.2) is 0 Å². The van der Waals surface area contributed by atoms with E-state index in [0.717, 1.165) is 0 Å². The van der Waals surface area contributed by atoms with Gasteiger partial charge in [0.25, 0.3) is 0 Å². The van der Waals surface area contributed by atoms with Crippen molar-refractivity contribution >= 4 is 128 Å². The van der Waals surface area contributed by atoms with Crippen LogP contribution in [-0.4, -0.2) is 128 Å². The minimum absolute atomic E-state index is 0. The van der Waals surface area contributed by atoms with E-state index in [2.05, 4.69) is 0 Å². The van der Waals surface area contributed by atoms with E-state index in [-0.39, 0.29) is 150 Å². The molecule has 0 fully saturated rings. The molecule has 0 heterocycles. The smallest absolute Gasteiger partial charge is 0 e. The molecule has 0 aromatic rings. The first-order valence-corrected chi connectivity index (χ1v) is 0. The predicted octanol–water partition coefficient (Wildman–Crippen LogP) is -2.86. The normalized spacial score (nSPS) is 0. The van der Waals surface area contributed by atoms with Crippen molar-refractivity contribution < 1.29 is 22.4 Å². The first kappa shape index (κ1) is 32.6. The monoisotopic (exact) mass is 448 g/mol. The van der Waals surface area contributed by atoms with E-state index in [9.17, 15) is 0 Å². The Morgan fingerprint density at radius 1 is 1.00 bits per heavy atom. The van der Waals surface area contributed by atoms with E-state index < -0.39 is 0 Å². The van der Waals surface area contributed by atoms with Gasteiger partial charge < -0.3 is 0 Å². The van der Waals surface area contributed by atoms with Gasteiger partial charge in [-0.2, -0.15) is 0 Å². The van der Waals surface area contributed by atoms with Crippen LogP contribution in [0.1, 0.15) is 0 Å². The van der Waals surface area contributed by atoms with Crippen molar-refractivity contribution in [2.45, 2.75) is 0 Å². The minimum Gasteiger partial charge on any atom is 0 e. The summed E-state index contributed by atoms with van der Waals surface area (Å²) < 4.78 is 0. The molecular formula is H5AgGaKNaTl. The van der Waals surface area contributed by atoms with Gasteiger partial charge in [0.05, 0.1) is 0 Å². The fourth-order valence-electron chi connectivity index (χ4n) is 0. The largest absolute Gasteiger partial charge is 0 e. The molecule has 0 spiro atoms. The van der Waals surface area contributed by atoms with Gasteiger partial charge in [-0.1, -0.05) is 0 Å². The summed E-state index contributed by atoms with van der Waals surface area (Å²) in [6.45, 7) is 0. The van der Waals surface area contributed by atoms with Crippen molar-refractivity contribution in [3.8, 4) is 0 Å². The maximum absolute atomic E-state index is 0. The van der Waals surface area contributed by atoms with Crippen LogP contribution < -0.4 is 0 Å². The van der Waals surface area contributed by atoms with E-state index in [1.807, 2.05) is 0 Å². The summed E-state index contributed by atoms with van der Waals surface area (Å²) in [5.74, 6) is 0. The fourth-order valence-corrected chi connectivity index (χ4v) is 0. The maximum Gasteiger partial charge on any atom is 0 e. The van der Waals surface area contributed by atoms with E-state index in [4.69, 9.17) is 0 Å². The third-order valence-corrected chi connectivity index (χ3v) is 0. The van der Waals surface area contributed by atoms with Gasteiger partial charge in [0.15, 0.2) is 0 Å². The summed E-state index contributed by atoms with van der Waals surface area (Å²) in [7, 11) is 0. The predicted molar refractivity (Wildman–Crippen MR) is 30.0 cm³/mol. The molecule has 24 valence electrons. The zero-order valence-corrected chi connectivity index (χ0v) is 6.85. The summed E-state index contributed by atoms with van der Waals surface area (Å²) in [6, 6.07) is 0. The standard InChI is InChI=1S/Ag.Ga.K.Na.Tl.5H. The van der Waals surface area contributed by atoms with Crippen LogP contribution in [0.4, 0.5) is 0 Å². The quantitative estimate of drug-likeness (QED) is 0.350. The molecule has 2 radical (unpaired) electrons. The summed E-state index contributed by atoms with van der Waals surface area (Å²) in [6.07, 6.45) is 0. The number of hydrogen-bond acceptors (Lipinski definition) is 0. The molecule has 0 rings (SSSR count). The van der Waals surface area contributed by atoms with E-state index >= 15 is 0 Å². The summed E-state index contributed by atoms with van der Waals surface area (Å²) in [5.41, 5.74) is 0. The first-order valence-electron chi connectivity index (χ1n) is 0.